The first-order valence-electron chi connectivity index (χ1n) is 9.91. The molecule has 0 bridgehead atoms. The lowest BCUT2D eigenvalue weighted by atomic mass is 10.1. The number of thiazole rings is 1. The van der Waals surface area contributed by atoms with Gasteiger partial charge in [0.2, 0.25) is 0 Å². The molecule has 0 unspecified atom stereocenters. The second-order valence-corrected chi connectivity index (χ2v) is 10.6. The number of rotatable bonds is 4. The number of halogens is 1. The summed E-state index contributed by atoms with van der Waals surface area (Å²) in [6.45, 7) is 1.68. The molecule has 0 N–H and O–H groups in total. The quantitative estimate of drug-likeness (QED) is 0.419. The van der Waals surface area contributed by atoms with Gasteiger partial charge in [-0.3, -0.25) is 13.8 Å². The molecule has 0 fully saturated rings. The van der Waals surface area contributed by atoms with E-state index in [4.69, 9.17) is 0 Å². The van der Waals surface area contributed by atoms with Gasteiger partial charge in [-0.1, -0.05) is 36.1 Å². The zero-order valence-electron chi connectivity index (χ0n) is 17.8. The Labute approximate surface area is 193 Å². The minimum Gasteiger partial charge on any atom is -0.269 e. The Morgan fingerprint density at radius 2 is 1.64 bits per heavy atom. The first-order chi connectivity index (χ1) is 15.6. The lowest BCUT2D eigenvalue weighted by molar-refractivity contribution is 0.601. The fourth-order valence-corrected chi connectivity index (χ4v) is 4.91. The van der Waals surface area contributed by atoms with Gasteiger partial charge >= 0.3 is 5.69 Å². The summed E-state index contributed by atoms with van der Waals surface area (Å²) in [6, 6.07) is 12.2. The highest BCUT2D eigenvalue weighted by atomic mass is 32.2. The average molecular weight is 483 g/mol. The second kappa shape index (κ2) is 8.81. The van der Waals surface area contributed by atoms with E-state index in [2.05, 4.69) is 11.8 Å². The number of sulfone groups is 1. The van der Waals surface area contributed by atoms with Crippen LogP contribution in [0.5, 0.6) is 0 Å². The molecular weight excluding hydrogens is 463 g/mol. The van der Waals surface area contributed by atoms with E-state index < -0.39 is 21.1 Å². The van der Waals surface area contributed by atoms with Crippen LogP contribution in [0.3, 0.4) is 0 Å². The van der Waals surface area contributed by atoms with Crippen LogP contribution in [0.4, 0.5) is 4.39 Å². The van der Waals surface area contributed by atoms with Crippen molar-refractivity contribution < 1.29 is 12.8 Å². The molecule has 2 aromatic carbocycles. The van der Waals surface area contributed by atoms with Gasteiger partial charge in [0.1, 0.15) is 10.6 Å². The average Bonchev–Trinajstić information content (AvgIpc) is 3.21. The zero-order valence-corrected chi connectivity index (χ0v) is 19.5. The Morgan fingerprint density at radius 1 is 1.00 bits per heavy atom. The van der Waals surface area contributed by atoms with E-state index in [0.29, 0.717) is 27.3 Å². The van der Waals surface area contributed by atoms with Crippen molar-refractivity contribution in [3.05, 3.63) is 103 Å². The first-order valence-corrected chi connectivity index (χ1v) is 12.6. The Morgan fingerprint density at radius 3 is 2.27 bits per heavy atom. The van der Waals surface area contributed by atoms with E-state index in [9.17, 15) is 22.4 Å². The molecule has 33 heavy (non-hydrogen) atoms. The molecule has 2 aromatic heterocycles. The number of fused-ring (bicyclic) bond motifs is 1. The predicted molar refractivity (Wildman–Crippen MR) is 126 cm³/mol. The van der Waals surface area contributed by atoms with Gasteiger partial charge in [0, 0.05) is 24.4 Å². The van der Waals surface area contributed by atoms with Gasteiger partial charge < -0.3 is 0 Å². The summed E-state index contributed by atoms with van der Waals surface area (Å²) < 4.78 is 38.8. The maximum atomic E-state index is 13.0. The molecule has 0 spiro atoms. The van der Waals surface area contributed by atoms with Crippen LogP contribution in [-0.4, -0.2) is 23.6 Å². The summed E-state index contributed by atoms with van der Waals surface area (Å²) in [6.07, 6.45) is 3.15. The number of hydrogen-bond acceptors (Lipinski definition) is 5. The molecule has 168 valence electrons. The molecule has 0 amide bonds. The molecule has 9 heteroatoms. The van der Waals surface area contributed by atoms with E-state index in [-0.39, 0.29) is 17.3 Å². The molecule has 0 aliphatic carbocycles. The Kier molecular flexibility index (Phi) is 6.06. The summed E-state index contributed by atoms with van der Waals surface area (Å²) in [5, 5.41) is 0. The third-order valence-corrected chi connectivity index (χ3v) is 7.36. The monoisotopic (exact) mass is 482 g/mol. The number of hydrogen-bond donors (Lipinski definition) is 0. The molecule has 2 heterocycles. The SMILES string of the molecule is Cc1c(=O)n(Cc2ccc(S(C)(=O)=O)cc2)c(=O)n2cc(C#CCc3ccc(F)cc3)sc12. The number of aryl methyl sites for hydroxylation is 1. The lowest BCUT2D eigenvalue weighted by Crippen LogP contribution is -2.38. The van der Waals surface area contributed by atoms with Gasteiger partial charge in [-0.2, -0.15) is 0 Å². The molecule has 0 aliphatic rings. The molecule has 0 radical (unpaired) electrons. The molecule has 0 saturated carbocycles. The molecule has 0 aliphatic heterocycles. The predicted octanol–water partition coefficient (Wildman–Crippen LogP) is 3.02. The molecule has 0 saturated heterocycles. The summed E-state index contributed by atoms with van der Waals surface area (Å²) in [7, 11) is -3.33. The smallest absolute Gasteiger partial charge is 0.269 e. The van der Waals surface area contributed by atoms with Crippen LogP contribution in [0.1, 0.15) is 21.6 Å². The third kappa shape index (κ3) is 4.82. The van der Waals surface area contributed by atoms with Crippen LogP contribution in [0, 0.1) is 24.6 Å². The minimum absolute atomic E-state index is 0.0207. The van der Waals surface area contributed by atoms with E-state index in [1.54, 1.807) is 37.4 Å². The van der Waals surface area contributed by atoms with Gasteiger partial charge in [0.05, 0.1) is 16.3 Å². The van der Waals surface area contributed by atoms with Crippen LogP contribution in [0.25, 0.3) is 4.83 Å². The maximum absolute atomic E-state index is 13.0. The Bertz CT molecular complexity index is 1630. The van der Waals surface area contributed by atoms with Gasteiger partial charge in [0.25, 0.3) is 5.56 Å². The van der Waals surface area contributed by atoms with Gasteiger partial charge in [-0.05, 0) is 42.3 Å². The zero-order chi connectivity index (χ0) is 23.8. The summed E-state index contributed by atoms with van der Waals surface area (Å²) in [4.78, 5) is 27.2. The topological polar surface area (TPSA) is 77.6 Å². The number of aromatic nitrogens is 2. The van der Waals surface area contributed by atoms with Crippen LogP contribution >= 0.6 is 11.3 Å². The fourth-order valence-electron chi connectivity index (χ4n) is 3.32. The van der Waals surface area contributed by atoms with Crippen molar-refractivity contribution >= 4 is 26.0 Å². The first kappa shape index (κ1) is 22.7. The second-order valence-electron chi connectivity index (χ2n) is 7.59. The van der Waals surface area contributed by atoms with E-state index >= 15 is 0 Å². The maximum Gasteiger partial charge on any atom is 0.336 e. The van der Waals surface area contributed by atoms with Crippen molar-refractivity contribution in [1.82, 2.24) is 8.97 Å². The van der Waals surface area contributed by atoms with E-state index in [1.807, 2.05) is 0 Å². The van der Waals surface area contributed by atoms with E-state index in [0.717, 1.165) is 16.4 Å². The molecule has 0 atom stereocenters. The van der Waals surface area contributed by atoms with Crippen LogP contribution in [0.2, 0.25) is 0 Å². The summed E-state index contributed by atoms with van der Waals surface area (Å²) in [5.74, 6) is 5.71. The highest BCUT2D eigenvalue weighted by molar-refractivity contribution is 7.90. The van der Waals surface area contributed by atoms with Crippen molar-refractivity contribution in [2.45, 2.75) is 24.8 Å². The molecular formula is C24H19FN2O4S2. The van der Waals surface area contributed by atoms with Crippen LogP contribution < -0.4 is 11.2 Å². The van der Waals surface area contributed by atoms with Crippen molar-refractivity contribution in [2.75, 3.05) is 6.26 Å². The summed E-state index contributed by atoms with van der Waals surface area (Å²) >= 11 is 1.26. The van der Waals surface area contributed by atoms with Crippen LogP contribution in [-0.2, 0) is 22.8 Å². The van der Waals surface area contributed by atoms with Crippen LogP contribution in [0.15, 0.2) is 69.2 Å². The van der Waals surface area contributed by atoms with Gasteiger partial charge in [-0.15, -0.1) is 11.3 Å². The number of nitrogens with zero attached hydrogens (tertiary/aromatic N) is 2. The van der Waals surface area contributed by atoms with Crippen molar-refractivity contribution in [1.29, 1.82) is 0 Å². The highest BCUT2D eigenvalue weighted by Crippen LogP contribution is 2.18. The van der Waals surface area contributed by atoms with Crippen molar-refractivity contribution in [3.8, 4) is 11.8 Å². The molecule has 4 rings (SSSR count). The van der Waals surface area contributed by atoms with Gasteiger partial charge in [0.15, 0.2) is 9.84 Å². The molecule has 6 nitrogen and oxygen atoms in total. The van der Waals surface area contributed by atoms with Crippen molar-refractivity contribution in [3.63, 3.8) is 0 Å². The fraction of sp³-hybridized carbons (Fsp3) is 0.167. The van der Waals surface area contributed by atoms with Crippen molar-refractivity contribution in [2.24, 2.45) is 0 Å². The lowest BCUT2D eigenvalue weighted by Gasteiger charge is -2.08. The summed E-state index contributed by atoms with van der Waals surface area (Å²) in [5.41, 5.74) is 1.05. The third-order valence-electron chi connectivity index (χ3n) is 5.11. The Balaban J connectivity index is 1.66. The Hall–Kier alpha value is -3.48. The normalized spacial score (nSPS) is 11.4. The minimum atomic E-state index is -3.33. The highest BCUT2D eigenvalue weighted by Gasteiger charge is 2.15. The largest absolute Gasteiger partial charge is 0.336 e. The van der Waals surface area contributed by atoms with Gasteiger partial charge in [-0.25, -0.2) is 17.6 Å². The standard InChI is InChI=1S/C24H19FN2O4S2/c1-16-22(28)26(14-18-8-12-21(13-9-18)33(2,30)31)24(29)27-15-20(32-23(16)27)5-3-4-17-6-10-19(25)11-7-17/h6-13,15H,4,14H2,1-2H3. The molecule has 4 aromatic rings. The number of benzene rings is 2. The van der Waals surface area contributed by atoms with E-state index in [1.165, 1.54) is 40.0 Å².